The molecule has 0 rings (SSSR count). The summed E-state index contributed by atoms with van der Waals surface area (Å²) in [5.41, 5.74) is 0. The van der Waals surface area contributed by atoms with Gasteiger partial charge in [-0.1, -0.05) is 0 Å². The van der Waals surface area contributed by atoms with Gasteiger partial charge in [0.05, 0.1) is 0 Å². The second-order valence-electron chi connectivity index (χ2n) is 0.599. The first-order valence-electron chi connectivity index (χ1n) is 1.67. The van der Waals surface area contributed by atoms with Gasteiger partial charge in [-0.3, -0.25) is 0 Å². The Morgan fingerprint density at radius 1 is 1.50 bits per heavy atom. The van der Waals surface area contributed by atoms with Crippen molar-refractivity contribution in [2.45, 2.75) is 6.92 Å². The molecule has 0 aromatic carbocycles. The van der Waals surface area contributed by atoms with Gasteiger partial charge in [0, 0.05) is 6.61 Å². The summed E-state index contributed by atoms with van der Waals surface area (Å²) in [6.45, 7) is 1.93. The summed E-state index contributed by atoms with van der Waals surface area (Å²) in [6, 6.07) is 0. The zero-order valence-corrected chi connectivity index (χ0v) is 3.96. The number of hydrogen-bond donors (Lipinski definition) is 3. The summed E-state index contributed by atoms with van der Waals surface area (Å²) in [5, 5.41) is 21.5. The molecule has 0 amide bonds. The summed E-state index contributed by atoms with van der Waals surface area (Å²) in [4.78, 5) is 8.56. The van der Waals surface area contributed by atoms with Crippen LogP contribution in [0, 0.1) is 0 Å². The minimum absolute atomic E-state index is 0. The van der Waals surface area contributed by atoms with Crippen molar-refractivity contribution in [1.29, 1.82) is 0 Å². The van der Waals surface area contributed by atoms with Gasteiger partial charge in [0.15, 0.2) is 0 Å². The van der Waals surface area contributed by atoms with Crippen LogP contribution in [0.25, 0.3) is 0 Å². The number of aliphatic hydroxyl groups is 1. The fraction of sp³-hybridized carbons (Fsp3) is 0.667. The summed E-state index contributed by atoms with van der Waals surface area (Å²) in [5.74, 6) is 0. The van der Waals surface area contributed by atoms with Gasteiger partial charge in [-0.05, 0) is 6.92 Å². The summed E-state index contributed by atoms with van der Waals surface area (Å²) < 4.78 is 0. The minimum atomic E-state index is -1.83. The molecule has 0 atom stereocenters. The van der Waals surface area contributed by atoms with Crippen LogP contribution in [0.4, 0.5) is 4.79 Å². The van der Waals surface area contributed by atoms with Crippen LogP contribution in [0.1, 0.15) is 6.92 Å². The maximum absolute atomic E-state index is 8.56. The van der Waals surface area contributed by atoms with Crippen LogP contribution in [0.2, 0.25) is 0 Å². The second-order valence-corrected chi connectivity index (χ2v) is 0.599. The predicted molar refractivity (Wildman–Crippen MR) is 30.6 cm³/mol. The van der Waals surface area contributed by atoms with Gasteiger partial charge in [-0.2, -0.15) is 0 Å². The Labute approximate surface area is 59.3 Å². The molecule has 0 spiro atoms. The Bertz CT molecular complexity index is 42.5. The number of carboxylic acid groups (broad SMARTS) is 2. The Morgan fingerprint density at radius 2 is 1.50 bits per heavy atom. The number of aliphatic hydroxyl groups excluding tert-OH is 1. The van der Waals surface area contributed by atoms with E-state index in [1.165, 1.54) is 0 Å². The molecule has 5 heteroatoms. The van der Waals surface area contributed by atoms with Crippen molar-refractivity contribution in [3.05, 3.63) is 0 Å². The van der Waals surface area contributed by atoms with Gasteiger partial charge in [0.2, 0.25) is 0 Å². The molecule has 0 heterocycles. The van der Waals surface area contributed by atoms with Crippen molar-refractivity contribution >= 4 is 25.0 Å². The predicted octanol–water partition coefficient (Wildman–Crippen LogP) is -0.428. The SMILES string of the molecule is CCO.O=C(O)O.[LiH]. The van der Waals surface area contributed by atoms with Crippen molar-refractivity contribution < 1.29 is 20.1 Å². The first kappa shape index (κ1) is 15.7. The molecule has 0 aromatic rings. The normalized spacial score (nSPS) is 5.25. The third kappa shape index (κ3) is 4560. The molecule has 0 fully saturated rings. The molecule has 0 aliphatic rings. The average molecular weight is 116 g/mol. The van der Waals surface area contributed by atoms with Crippen LogP contribution in [0.3, 0.4) is 0 Å². The third-order valence-corrected chi connectivity index (χ3v) is 0. The van der Waals surface area contributed by atoms with Crippen LogP contribution in [0.15, 0.2) is 0 Å². The van der Waals surface area contributed by atoms with E-state index < -0.39 is 6.16 Å². The number of carbonyl (C=O) groups is 1. The fourth-order valence-corrected chi connectivity index (χ4v) is 0. The Hall–Kier alpha value is -0.173. The van der Waals surface area contributed by atoms with E-state index in [9.17, 15) is 0 Å². The molecule has 0 radical (unpaired) electrons. The van der Waals surface area contributed by atoms with E-state index >= 15 is 0 Å². The molecule has 0 unspecified atom stereocenters. The van der Waals surface area contributed by atoms with E-state index in [0.717, 1.165) is 0 Å². The van der Waals surface area contributed by atoms with Crippen LogP contribution >= 0.6 is 0 Å². The van der Waals surface area contributed by atoms with E-state index in [0.29, 0.717) is 0 Å². The molecule has 8 heavy (non-hydrogen) atoms. The fourth-order valence-electron chi connectivity index (χ4n) is 0. The molecule has 46 valence electrons. The van der Waals surface area contributed by atoms with Gasteiger partial charge in [-0.15, -0.1) is 0 Å². The molecule has 0 aromatic heterocycles. The van der Waals surface area contributed by atoms with Gasteiger partial charge in [-0.25, -0.2) is 4.79 Å². The zero-order valence-electron chi connectivity index (χ0n) is 3.96. The number of rotatable bonds is 0. The zero-order chi connectivity index (χ0) is 6.28. The van der Waals surface area contributed by atoms with E-state index in [1.54, 1.807) is 6.92 Å². The Morgan fingerprint density at radius 3 is 1.50 bits per heavy atom. The average Bonchev–Trinajstić information content (AvgIpc) is 1.33. The monoisotopic (exact) mass is 116 g/mol. The van der Waals surface area contributed by atoms with Crippen LogP contribution < -0.4 is 0 Å². The first-order valence-corrected chi connectivity index (χ1v) is 1.67. The number of hydrogen-bond acceptors (Lipinski definition) is 2. The Balaban J connectivity index is -0.0000000575. The van der Waals surface area contributed by atoms with E-state index in [-0.39, 0.29) is 25.5 Å². The second kappa shape index (κ2) is 15.8. The van der Waals surface area contributed by atoms with Crippen molar-refractivity contribution in [1.82, 2.24) is 0 Å². The molecule has 0 bridgehead atoms. The quantitative estimate of drug-likeness (QED) is 0.375. The van der Waals surface area contributed by atoms with Crippen molar-refractivity contribution in [3.8, 4) is 0 Å². The Kier molecular flexibility index (Phi) is 31.0. The molecular weight excluding hydrogens is 107 g/mol. The molecule has 0 saturated heterocycles. The first-order chi connectivity index (χ1) is 3.15. The third-order valence-electron chi connectivity index (χ3n) is 0. The van der Waals surface area contributed by atoms with Gasteiger partial charge in [0.25, 0.3) is 0 Å². The molecule has 0 saturated carbocycles. The van der Waals surface area contributed by atoms with Gasteiger partial charge >= 0.3 is 25.0 Å². The van der Waals surface area contributed by atoms with Crippen molar-refractivity contribution in [2.24, 2.45) is 0 Å². The van der Waals surface area contributed by atoms with E-state index in [4.69, 9.17) is 20.1 Å². The molecule has 0 aliphatic carbocycles. The summed E-state index contributed by atoms with van der Waals surface area (Å²) in [6.07, 6.45) is -1.83. The van der Waals surface area contributed by atoms with Crippen LogP contribution in [-0.4, -0.2) is 46.9 Å². The maximum atomic E-state index is 8.56. The summed E-state index contributed by atoms with van der Waals surface area (Å²) in [7, 11) is 0. The topological polar surface area (TPSA) is 77.8 Å². The van der Waals surface area contributed by atoms with Crippen LogP contribution in [0.5, 0.6) is 0 Å². The van der Waals surface area contributed by atoms with Crippen LogP contribution in [-0.2, 0) is 0 Å². The van der Waals surface area contributed by atoms with Crippen molar-refractivity contribution in [3.63, 3.8) is 0 Å². The molecular formula is C3H9LiO4. The van der Waals surface area contributed by atoms with Crippen molar-refractivity contribution in [2.75, 3.05) is 6.61 Å². The molecule has 3 N–H and O–H groups in total. The van der Waals surface area contributed by atoms with E-state index in [2.05, 4.69) is 0 Å². The molecule has 0 aliphatic heterocycles. The molecule has 4 nitrogen and oxygen atoms in total. The van der Waals surface area contributed by atoms with E-state index in [1.807, 2.05) is 0 Å². The standard InChI is InChI=1S/C2H6O.CH2O3.Li.H/c1-2-3;2-1(3)4;;/h3H,2H2,1H3;(H2,2,3,4);;. The summed E-state index contributed by atoms with van der Waals surface area (Å²) >= 11 is 0. The van der Waals surface area contributed by atoms with Gasteiger partial charge in [0.1, 0.15) is 0 Å². The van der Waals surface area contributed by atoms with Gasteiger partial charge < -0.3 is 15.3 Å².